The second-order valence-electron chi connectivity index (χ2n) is 6.73. The van der Waals surface area contributed by atoms with Crippen molar-refractivity contribution in [3.63, 3.8) is 0 Å². The number of amides is 2. The van der Waals surface area contributed by atoms with Crippen LogP contribution in [0.1, 0.15) is 20.3 Å². The molecule has 5 heteroatoms. The molecule has 0 spiro atoms. The summed E-state index contributed by atoms with van der Waals surface area (Å²) in [5.41, 5.74) is 2.50. The van der Waals surface area contributed by atoms with E-state index in [2.05, 4.69) is 10.6 Å². The highest BCUT2D eigenvalue weighted by Gasteiger charge is 2.18. The Morgan fingerprint density at radius 2 is 1.92 bits per heavy atom. The number of rotatable bonds is 7. The van der Waals surface area contributed by atoms with Gasteiger partial charge in [-0.3, -0.25) is 0 Å². The van der Waals surface area contributed by atoms with Crippen LogP contribution in [0, 0.1) is 5.41 Å². The van der Waals surface area contributed by atoms with Gasteiger partial charge in [0.05, 0.1) is 7.11 Å². The average Bonchev–Trinajstić information content (AvgIpc) is 2.60. The van der Waals surface area contributed by atoms with E-state index in [1.165, 1.54) is 0 Å². The highest BCUT2D eigenvalue weighted by Crippen LogP contribution is 2.30. The fourth-order valence-electron chi connectivity index (χ4n) is 2.53. The lowest BCUT2D eigenvalue weighted by atomic mass is 9.90. The Kier molecular flexibility index (Phi) is 6.42. The molecule has 0 atom stereocenters. The number of hydrogen-bond donors (Lipinski definition) is 3. The van der Waals surface area contributed by atoms with Gasteiger partial charge in [-0.15, -0.1) is 0 Å². The molecule has 5 nitrogen and oxygen atoms in total. The molecule has 0 aliphatic heterocycles. The van der Waals surface area contributed by atoms with Crippen LogP contribution >= 0.6 is 0 Å². The predicted octanol–water partition coefficient (Wildman–Crippen LogP) is 3.89. The summed E-state index contributed by atoms with van der Waals surface area (Å²) in [6.45, 7) is 4.61. The van der Waals surface area contributed by atoms with Crippen molar-refractivity contribution in [3.05, 3.63) is 48.5 Å². The summed E-state index contributed by atoms with van der Waals surface area (Å²) in [5.74, 6) is 0.787. The third kappa shape index (κ3) is 5.50. The zero-order chi connectivity index (χ0) is 18.3. The van der Waals surface area contributed by atoms with E-state index >= 15 is 0 Å². The lowest BCUT2D eigenvalue weighted by Crippen LogP contribution is -2.37. The molecular weight excluding hydrogens is 316 g/mol. The Balaban J connectivity index is 2.05. The van der Waals surface area contributed by atoms with E-state index < -0.39 is 0 Å². The first-order chi connectivity index (χ1) is 11.9. The monoisotopic (exact) mass is 342 g/mol. The average molecular weight is 342 g/mol. The highest BCUT2D eigenvalue weighted by molar-refractivity contribution is 5.90. The molecule has 2 aromatic carbocycles. The highest BCUT2D eigenvalue weighted by atomic mass is 16.5. The minimum absolute atomic E-state index is 0.108. The zero-order valence-electron chi connectivity index (χ0n) is 15.0. The summed E-state index contributed by atoms with van der Waals surface area (Å²) in [7, 11) is 1.64. The second kappa shape index (κ2) is 8.53. The lowest BCUT2D eigenvalue weighted by Gasteiger charge is -2.23. The summed E-state index contributed by atoms with van der Waals surface area (Å²) in [6.07, 6.45) is 0.635. The summed E-state index contributed by atoms with van der Waals surface area (Å²) in [6, 6.07) is 15.1. The number of aliphatic hydroxyl groups is 1. The van der Waals surface area contributed by atoms with Gasteiger partial charge in [0.25, 0.3) is 0 Å². The molecule has 2 rings (SSSR count). The molecule has 2 amide bonds. The molecule has 0 saturated heterocycles. The van der Waals surface area contributed by atoms with E-state index in [1.807, 2.05) is 62.4 Å². The van der Waals surface area contributed by atoms with Gasteiger partial charge in [-0.05, 0) is 35.6 Å². The molecule has 0 heterocycles. The fourth-order valence-corrected chi connectivity index (χ4v) is 2.53. The first kappa shape index (κ1) is 18.8. The molecule has 3 N–H and O–H groups in total. The van der Waals surface area contributed by atoms with Crippen LogP contribution in [-0.2, 0) is 0 Å². The van der Waals surface area contributed by atoms with Crippen LogP contribution in [0.5, 0.6) is 5.75 Å². The van der Waals surface area contributed by atoms with Gasteiger partial charge in [-0.1, -0.05) is 44.2 Å². The molecule has 0 aromatic heterocycles. The van der Waals surface area contributed by atoms with E-state index in [4.69, 9.17) is 9.84 Å². The van der Waals surface area contributed by atoms with E-state index in [1.54, 1.807) is 7.11 Å². The van der Waals surface area contributed by atoms with Gasteiger partial charge in [0, 0.05) is 24.4 Å². The SMILES string of the molecule is COc1ccccc1-c1cccc(NC(=O)NCC(C)(C)CCO)c1. The van der Waals surface area contributed by atoms with Crippen LogP contribution < -0.4 is 15.4 Å². The zero-order valence-corrected chi connectivity index (χ0v) is 15.0. The number of aliphatic hydroxyl groups excluding tert-OH is 1. The summed E-state index contributed by atoms with van der Waals surface area (Å²) < 4.78 is 5.40. The number of anilines is 1. The van der Waals surface area contributed by atoms with Crippen LogP contribution in [0.15, 0.2) is 48.5 Å². The molecule has 0 aliphatic rings. The first-order valence-corrected chi connectivity index (χ1v) is 8.34. The van der Waals surface area contributed by atoms with Crippen molar-refractivity contribution in [1.29, 1.82) is 0 Å². The molecule has 25 heavy (non-hydrogen) atoms. The minimum atomic E-state index is -0.261. The largest absolute Gasteiger partial charge is 0.496 e. The number of nitrogens with one attached hydrogen (secondary N) is 2. The Morgan fingerprint density at radius 1 is 1.16 bits per heavy atom. The van der Waals surface area contributed by atoms with Crippen molar-refractivity contribution >= 4 is 11.7 Å². The Labute approximate surface area is 149 Å². The maximum Gasteiger partial charge on any atom is 0.319 e. The molecule has 0 bridgehead atoms. The van der Waals surface area contributed by atoms with Gasteiger partial charge < -0.3 is 20.5 Å². The van der Waals surface area contributed by atoms with Crippen molar-refractivity contribution in [1.82, 2.24) is 5.32 Å². The molecular formula is C20H26N2O3. The number of urea groups is 1. The minimum Gasteiger partial charge on any atom is -0.496 e. The normalized spacial score (nSPS) is 11.0. The van der Waals surface area contributed by atoms with Crippen LogP contribution in [-0.4, -0.2) is 31.4 Å². The Hall–Kier alpha value is -2.53. The lowest BCUT2D eigenvalue weighted by molar-refractivity contribution is 0.204. The van der Waals surface area contributed by atoms with Crippen LogP contribution in [0.4, 0.5) is 10.5 Å². The summed E-state index contributed by atoms with van der Waals surface area (Å²) in [5, 5.41) is 14.7. The molecule has 0 radical (unpaired) electrons. The van der Waals surface area contributed by atoms with Crippen LogP contribution in [0.2, 0.25) is 0 Å². The van der Waals surface area contributed by atoms with Gasteiger partial charge in [0.15, 0.2) is 0 Å². The van der Waals surface area contributed by atoms with E-state index in [0.717, 1.165) is 16.9 Å². The molecule has 2 aromatic rings. The van der Waals surface area contributed by atoms with Gasteiger partial charge in [0.2, 0.25) is 0 Å². The maximum atomic E-state index is 12.1. The number of ether oxygens (including phenoxy) is 1. The second-order valence-corrected chi connectivity index (χ2v) is 6.73. The van der Waals surface area contributed by atoms with Crippen molar-refractivity contribution in [3.8, 4) is 16.9 Å². The Bertz CT molecular complexity index is 714. The molecule has 0 aliphatic carbocycles. The molecule has 134 valence electrons. The van der Waals surface area contributed by atoms with Gasteiger partial charge in [0.1, 0.15) is 5.75 Å². The van der Waals surface area contributed by atoms with Crippen LogP contribution in [0.3, 0.4) is 0 Å². The number of carbonyl (C=O) groups is 1. The molecule has 0 fully saturated rings. The third-order valence-electron chi connectivity index (χ3n) is 4.05. The first-order valence-electron chi connectivity index (χ1n) is 8.34. The van der Waals surface area contributed by atoms with E-state index in [0.29, 0.717) is 18.7 Å². The van der Waals surface area contributed by atoms with Crippen molar-refractivity contribution < 1.29 is 14.6 Å². The smallest absolute Gasteiger partial charge is 0.319 e. The number of hydrogen-bond acceptors (Lipinski definition) is 3. The van der Waals surface area contributed by atoms with Crippen molar-refractivity contribution in [2.75, 3.05) is 25.6 Å². The predicted molar refractivity (Wildman–Crippen MR) is 101 cm³/mol. The molecule has 0 unspecified atom stereocenters. The number of carbonyl (C=O) groups excluding carboxylic acids is 1. The summed E-state index contributed by atoms with van der Waals surface area (Å²) >= 11 is 0. The van der Waals surface area contributed by atoms with Crippen molar-refractivity contribution in [2.45, 2.75) is 20.3 Å². The van der Waals surface area contributed by atoms with Gasteiger partial charge in [-0.2, -0.15) is 0 Å². The number of benzene rings is 2. The van der Waals surface area contributed by atoms with E-state index in [9.17, 15) is 4.79 Å². The summed E-state index contributed by atoms with van der Waals surface area (Å²) in [4.78, 5) is 12.1. The van der Waals surface area contributed by atoms with E-state index in [-0.39, 0.29) is 18.1 Å². The number of methoxy groups -OCH3 is 1. The number of para-hydroxylation sites is 1. The van der Waals surface area contributed by atoms with Gasteiger partial charge >= 0.3 is 6.03 Å². The Morgan fingerprint density at radius 3 is 2.64 bits per heavy atom. The standard InChI is InChI=1S/C20H26N2O3/c1-20(2,11-12-23)14-21-19(24)22-16-8-6-7-15(13-16)17-9-4-5-10-18(17)25-3/h4-10,13,23H,11-12,14H2,1-3H3,(H2,21,22,24). The van der Waals surface area contributed by atoms with Crippen LogP contribution in [0.25, 0.3) is 11.1 Å². The topological polar surface area (TPSA) is 70.6 Å². The fraction of sp³-hybridized carbons (Fsp3) is 0.350. The third-order valence-corrected chi connectivity index (χ3v) is 4.05. The maximum absolute atomic E-state index is 12.1. The quantitative estimate of drug-likeness (QED) is 0.715. The van der Waals surface area contributed by atoms with Gasteiger partial charge in [-0.25, -0.2) is 4.79 Å². The van der Waals surface area contributed by atoms with Crippen molar-refractivity contribution in [2.24, 2.45) is 5.41 Å². The molecule has 0 saturated carbocycles.